The number of rotatable bonds is 6. The maximum atomic E-state index is 12.6. The molecule has 1 fully saturated rings. The van der Waals surface area contributed by atoms with Gasteiger partial charge < -0.3 is 20.4 Å². The summed E-state index contributed by atoms with van der Waals surface area (Å²) in [6.45, 7) is 8.81. The highest BCUT2D eigenvalue weighted by molar-refractivity contribution is 6.06. The van der Waals surface area contributed by atoms with Crippen LogP contribution in [0.1, 0.15) is 34.6 Å². The van der Waals surface area contributed by atoms with Gasteiger partial charge in [0.2, 0.25) is 0 Å². The van der Waals surface area contributed by atoms with Crippen LogP contribution in [0, 0.1) is 5.92 Å². The van der Waals surface area contributed by atoms with Crippen molar-refractivity contribution in [2.45, 2.75) is 13.8 Å². The van der Waals surface area contributed by atoms with Gasteiger partial charge in [-0.15, -0.1) is 0 Å². The molecule has 0 bridgehead atoms. The van der Waals surface area contributed by atoms with Gasteiger partial charge in [0.1, 0.15) is 0 Å². The molecule has 29 heavy (non-hydrogen) atoms. The molecular formula is C23H30N4O2. The Morgan fingerprint density at radius 2 is 1.55 bits per heavy atom. The second-order valence-corrected chi connectivity index (χ2v) is 7.98. The van der Waals surface area contributed by atoms with Gasteiger partial charge in [0, 0.05) is 55.2 Å². The van der Waals surface area contributed by atoms with Crippen LogP contribution < -0.4 is 15.5 Å². The number of anilines is 2. The predicted octanol–water partition coefficient (Wildman–Crippen LogP) is 3.08. The standard InChI is InChI=1S/C23H30N4O2/c1-17(2)16-24-22(28)18-5-4-6-19(15-18)23(29)25-20-7-9-21(10-8-20)27-13-11-26(3)12-14-27/h4-10,15,17H,11-14,16H2,1-3H3,(H,24,28)(H,25,29). The Labute approximate surface area is 172 Å². The number of piperazine rings is 1. The molecule has 2 amide bonds. The Kier molecular flexibility index (Phi) is 6.88. The van der Waals surface area contributed by atoms with Crippen LogP contribution >= 0.6 is 0 Å². The van der Waals surface area contributed by atoms with Crippen LogP contribution in [0.2, 0.25) is 0 Å². The third-order valence-corrected chi connectivity index (χ3v) is 5.05. The Hall–Kier alpha value is -2.86. The van der Waals surface area contributed by atoms with Gasteiger partial charge in [-0.05, 0) is 55.4 Å². The molecule has 2 aromatic rings. The van der Waals surface area contributed by atoms with Gasteiger partial charge >= 0.3 is 0 Å². The SMILES string of the molecule is CC(C)CNC(=O)c1cccc(C(=O)Nc2ccc(N3CCN(C)CC3)cc2)c1. The lowest BCUT2D eigenvalue weighted by Gasteiger charge is -2.34. The molecule has 1 aliphatic heterocycles. The normalized spacial score (nSPS) is 14.7. The van der Waals surface area contributed by atoms with Crippen LogP contribution in [0.25, 0.3) is 0 Å². The first-order valence-corrected chi connectivity index (χ1v) is 10.2. The van der Waals surface area contributed by atoms with Gasteiger partial charge in [-0.25, -0.2) is 0 Å². The van der Waals surface area contributed by atoms with E-state index in [0.29, 0.717) is 23.6 Å². The van der Waals surface area contributed by atoms with Crippen molar-refractivity contribution in [3.8, 4) is 0 Å². The van der Waals surface area contributed by atoms with Crippen molar-refractivity contribution in [2.75, 3.05) is 50.0 Å². The summed E-state index contributed by atoms with van der Waals surface area (Å²) in [5.41, 5.74) is 2.86. The van der Waals surface area contributed by atoms with E-state index in [4.69, 9.17) is 0 Å². The fourth-order valence-corrected chi connectivity index (χ4v) is 3.22. The lowest BCUT2D eigenvalue weighted by atomic mass is 10.1. The topological polar surface area (TPSA) is 64.7 Å². The minimum Gasteiger partial charge on any atom is -0.369 e. The molecule has 0 radical (unpaired) electrons. The van der Waals surface area contributed by atoms with Crippen LogP contribution in [-0.2, 0) is 0 Å². The predicted molar refractivity (Wildman–Crippen MR) is 118 cm³/mol. The summed E-state index contributed by atoms with van der Waals surface area (Å²) in [7, 11) is 2.14. The number of nitrogens with one attached hydrogen (secondary N) is 2. The van der Waals surface area contributed by atoms with E-state index in [9.17, 15) is 9.59 Å². The highest BCUT2D eigenvalue weighted by atomic mass is 16.2. The average Bonchev–Trinajstić information content (AvgIpc) is 2.73. The monoisotopic (exact) mass is 394 g/mol. The van der Waals surface area contributed by atoms with Crippen molar-refractivity contribution in [3.05, 3.63) is 59.7 Å². The van der Waals surface area contributed by atoms with E-state index in [1.807, 2.05) is 38.1 Å². The zero-order chi connectivity index (χ0) is 20.8. The number of nitrogens with zero attached hydrogens (tertiary/aromatic N) is 2. The summed E-state index contributed by atoms with van der Waals surface area (Å²) in [6.07, 6.45) is 0. The smallest absolute Gasteiger partial charge is 0.255 e. The summed E-state index contributed by atoms with van der Waals surface area (Å²) in [5, 5.41) is 5.79. The number of carbonyl (C=O) groups excluding carboxylic acids is 2. The molecule has 0 atom stereocenters. The fourth-order valence-electron chi connectivity index (χ4n) is 3.22. The van der Waals surface area contributed by atoms with Gasteiger partial charge in [0.05, 0.1) is 0 Å². The first-order valence-electron chi connectivity index (χ1n) is 10.2. The van der Waals surface area contributed by atoms with Crippen LogP contribution in [0.15, 0.2) is 48.5 Å². The molecule has 0 saturated carbocycles. The van der Waals surface area contributed by atoms with Crippen molar-refractivity contribution in [1.29, 1.82) is 0 Å². The van der Waals surface area contributed by atoms with Crippen molar-refractivity contribution >= 4 is 23.2 Å². The molecular weight excluding hydrogens is 364 g/mol. The molecule has 0 unspecified atom stereocenters. The second kappa shape index (κ2) is 9.56. The lowest BCUT2D eigenvalue weighted by molar-refractivity contribution is 0.0949. The van der Waals surface area contributed by atoms with Crippen molar-refractivity contribution in [1.82, 2.24) is 10.2 Å². The Morgan fingerprint density at radius 3 is 2.17 bits per heavy atom. The average molecular weight is 395 g/mol. The summed E-state index contributed by atoms with van der Waals surface area (Å²) in [5.74, 6) is -0.0139. The summed E-state index contributed by atoms with van der Waals surface area (Å²) in [4.78, 5) is 29.5. The van der Waals surface area contributed by atoms with E-state index < -0.39 is 0 Å². The van der Waals surface area contributed by atoms with Crippen molar-refractivity contribution in [3.63, 3.8) is 0 Å². The van der Waals surface area contributed by atoms with Gasteiger partial charge in [-0.3, -0.25) is 9.59 Å². The second-order valence-electron chi connectivity index (χ2n) is 7.98. The summed E-state index contributed by atoms with van der Waals surface area (Å²) >= 11 is 0. The van der Waals surface area contributed by atoms with Crippen LogP contribution in [0.5, 0.6) is 0 Å². The minimum absolute atomic E-state index is 0.162. The molecule has 0 aromatic heterocycles. The third-order valence-electron chi connectivity index (χ3n) is 5.05. The summed E-state index contributed by atoms with van der Waals surface area (Å²) < 4.78 is 0. The highest BCUT2D eigenvalue weighted by Gasteiger charge is 2.15. The number of amides is 2. The largest absolute Gasteiger partial charge is 0.369 e. The molecule has 1 saturated heterocycles. The molecule has 2 aromatic carbocycles. The minimum atomic E-state index is -0.226. The quantitative estimate of drug-likeness (QED) is 0.790. The highest BCUT2D eigenvalue weighted by Crippen LogP contribution is 2.20. The maximum Gasteiger partial charge on any atom is 0.255 e. The van der Waals surface area contributed by atoms with E-state index in [2.05, 4.69) is 27.5 Å². The summed E-state index contributed by atoms with van der Waals surface area (Å²) in [6, 6.07) is 14.7. The fraction of sp³-hybridized carbons (Fsp3) is 0.391. The lowest BCUT2D eigenvalue weighted by Crippen LogP contribution is -2.44. The van der Waals surface area contributed by atoms with Crippen LogP contribution in [0.4, 0.5) is 11.4 Å². The Morgan fingerprint density at radius 1 is 0.931 bits per heavy atom. The molecule has 0 spiro atoms. The van der Waals surface area contributed by atoms with Gasteiger partial charge in [-0.1, -0.05) is 19.9 Å². The molecule has 6 nitrogen and oxygen atoms in total. The zero-order valence-electron chi connectivity index (χ0n) is 17.4. The zero-order valence-corrected chi connectivity index (χ0v) is 17.4. The molecule has 6 heteroatoms. The van der Waals surface area contributed by atoms with E-state index in [1.54, 1.807) is 24.3 Å². The van der Waals surface area contributed by atoms with E-state index in [0.717, 1.165) is 31.9 Å². The van der Waals surface area contributed by atoms with E-state index in [-0.39, 0.29) is 11.8 Å². The van der Waals surface area contributed by atoms with Crippen molar-refractivity contribution in [2.24, 2.45) is 5.92 Å². The maximum absolute atomic E-state index is 12.6. The van der Waals surface area contributed by atoms with Gasteiger partial charge in [0.25, 0.3) is 11.8 Å². The molecule has 2 N–H and O–H groups in total. The number of hydrogen-bond donors (Lipinski definition) is 2. The molecule has 1 heterocycles. The Bertz CT molecular complexity index is 840. The number of hydrogen-bond acceptors (Lipinski definition) is 4. The first-order chi connectivity index (χ1) is 13.9. The third kappa shape index (κ3) is 5.81. The molecule has 1 aliphatic rings. The van der Waals surface area contributed by atoms with E-state index >= 15 is 0 Å². The van der Waals surface area contributed by atoms with Crippen LogP contribution in [0.3, 0.4) is 0 Å². The van der Waals surface area contributed by atoms with Crippen LogP contribution in [-0.4, -0.2) is 56.5 Å². The molecule has 0 aliphatic carbocycles. The first kappa shape index (κ1) is 20.9. The van der Waals surface area contributed by atoms with E-state index in [1.165, 1.54) is 5.69 Å². The van der Waals surface area contributed by atoms with Gasteiger partial charge in [-0.2, -0.15) is 0 Å². The van der Waals surface area contributed by atoms with Crippen molar-refractivity contribution < 1.29 is 9.59 Å². The number of carbonyl (C=O) groups is 2. The van der Waals surface area contributed by atoms with Gasteiger partial charge in [0.15, 0.2) is 0 Å². The number of likely N-dealkylation sites (N-methyl/N-ethyl adjacent to an activating group) is 1. The Balaban J connectivity index is 1.61. The number of benzene rings is 2. The molecule has 154 valence electrons. The molecule has 3 rings (SSSR count).